The average Bonchev–Trinajstić information content (AvgIpc) is 2.24. The number of likely N-dealkylation sites (tertiary alicyclic amines) is 1. The molecule has 1 heterocycles. The van der Waals surface area contributed by atoms with Crippen LogP contribution < -0.4 is 5.32 Å². The molecule has 1 fully saturated rings. The molecule has 0 radical (unpaired) electrons. The number of carbonyl (C=O) groups is 1. The largest absolute Gasteiger partial charge is 0.389 e. The van der Waals surface area contributed by atoms with E-state index in [-0.39, 0.29) is 11.9 Å². The molecule has 5 nitrogen and oxygen atoms in total. The maximum atomic E-state index is 10.6. The van der Waals surface area contributed by atoms with E-state index in [4.69, 9.17) is 0 Å². The molecule has 13 heavy (non-hydrogen) atoms. The molecular formula is C8H16N2O3. The number of rotatable bonds is 2. The van der Waals surface area contributed by atoms with Gasteiger partial charge in [0.2, 0.25) is 5.91 Å². The smallest absolute Gasteiger partial charge is 0.216 e. The Morgan fingerprint density at radius 3 is 2.62 bits per heavy atom. The first kappa shape index (κ1) is 10.4. The minimum absolute atomic E-state index is 0.123. The lowest BCUT2D eigenvalue weighted by Gasteiger charge is -2.21. The van der Waals surface area contributed by atoms with Gasteiger partial charge in [0.05, 0.1) is 18.2 Å². The molecule has 76 valence electrons. The third kappa shape index (κ3) is 2.40. The third-order valence-corrected chi connectivity index (χ3v) is 2.39. The second-order valence-electron chi connectivity index (χ2n) is 3.50. The number of nitrogens with one attached hydrogen (secondary N) is 1. The molecule has 0 bridgehead atoms. The van der Waals surface area contributed by atoms with Gasteiger partial charge in [-0.3, -0.25) is 9.69 Å². The van der Waals surface area contributed by atoms with E-state index in [1.807, 2.05) is 11.9 Å². The highest BCUT2D eigenvalue weighted by atomic mass is 16.3. The number of nitrogens with zero attached hydrogens (tertiary/aromatic N) is 1. The van der Waals surface area contributed by atoms with Crippen LogP contribution in [-0.2, 0) is 4.79 Å². The molecule has 1 rings (SSSR count). The summed E-state index contributed by atoms with van der Waals surface area (Å²) in [6, 6.07) is -0.182. The van der Waals surface area contributed by atoms with Crippen LogP contribution in [-0.4, -0.2) is 59.4 Å². The molecular weight excluding hydrogens is 172 g/mol. The zero-order chi connectivity index (χ0) is 10.0. The molecule has 1 unspecified atom stereocenters. The monoisotopic (exact) mass is 188 g/mol. The molecule has 1 amide bonds. The van der Waals surface area contributed by atoms with Gasteiger partial charge in [-0.2, -0.15) is 0 Å². The topological polar surface area (TPSA) is 72.8 Å². The van der Waals surface area contributed by atoms with Crippen molar-refractivity contribution in [3.63, 3.8) is 0 Å². The van der Waals surface area contributed by atoms with Gasteiger partial charge in [0.25, 0.3) is 0 Å². The van der Waals surface area contributed by atoms with Gasteiger partial charge in [-0.1, -0.05) is 0 Å². The molecule has 0 aromatic heterocycles. The van der Waals surface area contributed by atoms with Gasteiger partial charge < -0.3 is 15.5 Å². The molecule has 0 aromatic carbocycles. The van der Waals surface area contributed by atoms with Gasteiger partial charge in [0, 0.05) is 20.0 Å². The summed E-state index contributed by atoms with van der Waals surface area (Å²) in [6.07, 6.45) is -1.47. The van der Waals surface area contributed by atoms with E-state index >= 15 is 0 Å². The number of β-amino-alcohol motifs (C(OH)–C–C–N with tert-alkyl or cyclic N) is 1. The van der Waals surface area contributed by atoms with Crippen molar-refractivity contribution in [3.8, 4) is 0 Å². The number of hydrogen-bond acceptors (Lipinski definition) is 4. The Kier molecular flexibility index (Phi) is 3.24. The number of amides is 1. The summed E-state index contributed by atoms with van der Waals surface area (Å²) in [7, 11) is 1.81. The van der Waals surface area contributed by atoms with Crippen molar-refractivity contribution in [1.29, 1.82) is 0 Å². The normalized spacial score (nSPS) is 34.9. The van der Waals surface area contributed by atoms with Crippen molar-refractivity contribution >= 4 is 5.91 Å². The van der Waals surface area contributed by atoms with Crippen LogP contribution in [0, 0.1) is 0 Å². The quantitative estimate of drug-likeness (QED) is 0.476. The fourth-order valence-electron chi connectivity index (χ4n) is 1.58. The second kappa shape index (κ2) is 4.04. The zero-order valence-electron chi connectivity index (χ0n) is 7.90. The molecule has 0 spiro atoms. The average molecular weight is 188 g/mol. The van der Waals surface area contributed by atoms with E-state index in [0.29, 0.717) is 13.1 Å². The Hall–Kier alpha value is -0.650. The molecule has 0 aromatic rings. The first-order valence-electron chi connectivity index (χ1n) is 4.33. The van der Waals surface area contributed by atoms with Crippen LogP contribution >= 0.6 is 0 Å². The maximum Gasteiger partial charge on any atom is 0.216 e. The summed E-state index contributed by atoms with van der Waals surface area (Å²) in [5.41, 5.74) is 0. The Morgan fingerprint density at radius 2 is 2.23 bits per heavy atom. The Bertz CT molecular complexity index is 198. The van der Waals surface area contributed by atoms with Crippen molar-refractivity contribution in [2.24, 2.45) is 0 Å². The van der Waals surface area contributed by atoms with Crippen molar-refractivity contribution < 1.29 is 15.0 Å². The van der Waals surface area contributed by atoms with Crippen molar-refractivity contribution in [3.05, 3.63) is 0 Å². The first-order chi connectivity index (χ1) is 6.02. The van der Waals surface area contributed by atoms with Crippen molar-refractivity contribution in [2.45, 2.75) is 25.2 Å². The molecule has 1 aliphatic heterocycles. The van der Waals surface area contributed by atoms with Crippen molar-refractivity contribution in [2.75, 3.05) is 20.1 Å². The van der Waals surface area contributed by atoms with Crippen LogP contribution in [0.5, 0.6) is 0 Å². The second-order valence-corrected chi connectivity index (χ2v) is 3.50. The molecule has 1 aliphatic rings. The number of aliphatic hydroxyl groups excluding tert-OH is 2. The lowest BCUT2D eigenvalue weighted by Crippen LogP contribution is -2.43. The minimum atomic E-state index is -0.767. The zero-order valence-corrected chi connectivity index (χ0v) is 7.90. The number of likely N-dealkylation sites (N-methyl/N-ethyl adjacent to an activating group) is 1. The highest BCUT2D eigenvalue weighted by Gasteiger charge is 2.37. The Morgan fingerprint density at radius 1 is 1.62 bits per heavy atom. The number of carbonyl (C=O) groups excluding carboxylic acids is 1. The van der Waals surface area contributed by atoms with Gasteiger partial charge in [-0.25, -0.2) is 0 Å². The summed E-state index contributed by atoms with van der Waals surface area (Å²) < 4.78 is 0. The molecule has 0 aliphatic carbocycles. The van der Waals surface area contributed by atoms with Gasteiger partial charge in [-0.15, -0.1) is 0 Å². The highest BCUT2D eigenvalue weighted by molar-refractivity contribution is 5.72. The van der Waals surface area contributed by atoms with E-state index in [1.165, 1.54) is 6.92 Å². The molecule has 0 saturated carbocycles. The predicted octanol–water partition coefficient (Wildman–Crippen LogP) is -1.84. The third-order valence-electron chi connectivity index (χ3n) is 2.39. The fourth-order valence-corrected chi connectivity index (χ4v) is 1.58. The number of hydrogen-bond donors (Lipinski definition) is 3. The lowest BCUT2D eigenvalue weighted by molar-refractivity contribution is -0.119. The van der Waals surface area contributed by atoms with Crippen LogP contribution in [0.2, 0.25) is 0 Å². The summed E-state index contributed by atoms with van der Waals surface area (Å²) in [5, 5.41) is 21.4. The van der Waals surface area contributed by atoms with Crippen LogP contribution in [0.25, 0.3) is 0 Å². The molecule has 1 saturated heterocycles. The summed E-state index contributed by atoms with van der Waals surface area (Å²) in [4.78, 5) is 12.5. The van der Waals surface area contributed by atoms with Gasteiger partial charge in [0.1, 0.15) is 0 Å². The molecule has 5 heteroatoms. The summed E-state index contributed by atoms with van der Waals surface area (Å²) >= 11 is 0. The van der Waals surface area contributed by atoms with E-state index in [2.05, 4.69) is 5.32 Å². The first-order valence-corrected chi connectivity index (χ1v) is 4.33. The maximum absolute atomic E-state index is 10.6. The van der Waals surface area contributed by atoms with Crippen molar-refractivity contribution in [1.82, 2.24) is 10.2 Å². The van der Waals surface area contributed by atoms with Gasteiger partial charge in [-0.05, 0) is 7.05 Å². The summed E-state index contributed by atoms with van der Waals surface area (Å²) in [6.45, 7) is 2.26. The van der Waals surface area contributed by atoms with Gasteiger partial charge in [0.15, 0.2) is 0 Å². The predicted molar refractivity (Wildman–Crippen MR) is 47.1 cm³/mol. The Labute approximate surface area is 77.3 Å². The molecule has 3 N–H and O–H groups in total. The number of aliphatic hydroxyl groups is 2. The Balaban J connectivity index is 2.44. The van der Waals surface area contributed by atoms with Crippen LogP contribution in [0.4, 0.5) is 0 Å². The van der Waals surface area contributed by atoms with E-state index in [9.17, 15) is 15.0 Å². The van der Waals surface area contributed by atoms with Crippen LogP contribution in [0.3, 0.4) is 0 Å². The minimum Gasteiger partial charge on any atom is -0.389 e. The molecule has 3 atom stereocenters. The van der Waals surface area contributed by atoms with E-state index < -0.39 is 12.2 Å². The fraction of sp³-hybridized carbons (Fsp3) is 0.875. The lowest BCUT2D eigenvalue weighted by atomic mass is 10.1. The SMILES string of the molecule is CC(=O)NCC1[C@@H](O)[C@@H](O)CN1C. The standard InChI is InChI=1S/C8H16N2O3/c1-5(11)9-3-6-8(13)7(12)4-10(6)2/h6-8,12-13H,3-4H2,1-2H3,(H,9,11)/t6?,7-,8+/m0/s1. The van der Waals surface area contributed by atoms with Gasteiger partial charge >= 0.3 is 0 Å². The van der Waals surface area contributed by atoms with Crippen LogP contribution in [0.15, 0.2) is 0 Å². The van der Waals surface area contributed by atoms with Crippen LogP contribution in [0.1, 0.15) is 6.92 Å². The van der Waals surface area contributed by atoms with E-state index in [1.54, 1.807) is 0 Å². The summed E-state index contributed by atoms with van der Waals surface area (Å²) in [5.74, 6) is -0.123. The highest BCUT2D eigenvalue weighted by Crippen LogP contribution is 2.15. The van der Waals surface area contributed by atoms with E-state index in [0.717, 1.165) is 0 Å².